The number of halogens is 1. The van der Waals surface area contributed by atoms with Crippen molar-refractivity contribution in [2.75, 3.05) is 13.7 Å². The number of rotatable bonds is 6. The van der Waals surface area contributed by atoms with Crippen molar-refractivity contribution in [3.05, 3.63) is 76.3 Å². The third-order valence-electron chi connectivity index (χ3n) is 3.44. The number of carbonyl (C=O) groups excluding carboxylic acids is 1. The first-order valence-electron chi connectivity index (χ1n) is 7.53. The van der Waals surface area contributed by atoms with E-state index in [1.807, 2.05) is 48.5 Å². The monoisotopic (exact) mass is 386 g/mol. The first kappa shape index (κ1) is 18.0. The molecule has 0 saturated carbocycles. The van der Waals surface area contributed by atoms with Crippen LogP contribution in [0.5, 0.6) is 5.75 Å². The van der Waals surface area contributed by atoms with Gasteiger partial charge in [0.15, 0.2) is 0 Å². The minimum Gasteiger partial charge on any atom is -0.497 e. The first-order valence-corrected chi connectivity index (χ1v) is 8.32. The summed E-state index contributed by atoms with van der Waals surface area (Å²) in [5.41, 5.74) is 2.78. The molecule has 0 aliphatic carbocycles. The zero-order valence-corrected chi connectivity index (χ0v) is 15.3. The highest BCUT2D eigenvalue weighted by Gasteiger charge is 2.16. The summed E-state index contributed by atoms with van der Waals surface area (Å²) in [6.07, 6.45) is 1.79. The van der Waals surface area contributed by atoms with E-state index in [4.69, 9.17) is 9.47 Å². The van der Waals surface area contributed by atoms with Gasteiger partial charge >= 0.3 is 5.97 Å². The molecule has 0 bridgehead atoms. The SMILES string of the molecule is C=C(/C(=C/c1ccc(Br)cc1)C(=O)OCC)c1ccc(OC)cc1. The molecule has 2 aromatic carbocycles. The van der Waals surface area contributed by atoms with Crippen LogP contribution >= 0.6 is 15.9 Å². The van der Waals surface area contributed by atoms with E-state index >= 15 is 0 Å². The van der Waals surface area contributed by atoms with Crippen LogP contribution in [0.1, 0.15) is 18.1 Å². The Balaban J connectivity index is 2.39. The Morgan fingerprint density at radius 3 is 2.29 bits per heavy atom. The van der Waals surface area contributed by atoms with Gasteiger partial charge < -0.3 is 9.47 Å². The van der Waals surface area contributed by atoms with Crippen molar-refractivity contribution in [2.45, 2.75) is 6.92 Å². The minimum absolute atomic E-state index is 0.312. The molecule has 24 heavy (non-hydrogen) atoms. The molecule has 0 fully saturated rings. The number of ether oxygens (including phenoxy) is 2. The van der Waals surface area contributed by atoms with E-state index in [9.17, 15) is 4.79 Å². The van der Waals surface area contributed by atoms with E-state index in [2.05, 4.69) is 22.5 Å². The highest BCUT2D eigenvalue weighted by Crippen LogP contribution is 2.26. The van der Waals surface area contributed by atoms with Gasteiger partial charge in [-0.3, -0.25) is 0 Å². The maximum absolute atomic E-state index is 12.4. The predicted molar refractivity (Wildman–Crippen MR) is 101 cm³/mol. The highest BCUT2D eigenvalue weighted by molar-refractivity contribution is 9.10. The van der Waals surface area contributed by atoms with E-state index < -0.39 is 0 Å². The van der Waals surface area contributed by atoms with Gasteiger partial charge in [-0.15, -0.1) is 0 Å². The fourth-order valence-electron chi connectivity index (χ4n) is 2.15. The number of hydrogen-bond acceptors (Lipinski definition) is 3. The Morgan fingerprint density at radius 2 is 1.75 bits per heavy atom. The largest absolute Gasteiger partial charge is 0.497 e. The van der Waals surface area contributed by atoms with Crippen molar-refractivity contribution in [3.8, 4) is 5.75 Å². The van der Waals surface area contributed by atoms with Crippen LogP contribution in [0.15, 0.2) is 65.2 Å². The van der Waals surface area contributed by atoms with Gasteiger partial charge in [-0.25, -0.2) is 4.79 Å². The lowest BCUT2D eigenvalue weighted by molar-refractivity contribution is -0.137. The lowest BCUT2D eigenvalue weighted by atomic mass is 9.97. The second-order valence-corrected chi connectivity index (χ2v) is 5.95. The summed E-state index contributed by atoms with van der Waals surface area (Å²) in [6, 6.07) is 15.1. The van der Waals surface area contributed by atoms with Gasteiger partial charge in [0, 0.05) is 4.47 Å². The molecule has 124 valence electrons. The van der Waals surface area contributed by atoms with Crippen molar-refractivity contribution < 1.29 is 14.3 Å². The molecule has 0 amide bonds. The van der Waals surface area contributed by atoms with E-state index in [0.29, 0.717) is 17.8 Å². The van der Waals surface area contributed by atoms with Crippen LogP contribution in [0.4, 0.5) is 0 Å². The molecule has 0 saturated heterocycles. The van der Waals surface area contributed by atoms with Crippen molar-refractivity contribution in [1.82, 2.24) is 0 Å². The Bertz CT molecular complexity index is 743. The second-order valence-electron chi connectivity index (χ2n) is 5.04. The fourth-order valence-corrected chi connectivity index (χ4v) is 2.42. The lowest BCUT2D eigenvalue weighted by Gasteiger charge is -2.11. The Kier molecular flexibility index (Phi) is 6.38. The number of hydrogen-bond donors (Lipinski definition) is 0. The molecule has 0 aromatic heterocycles. The normalized spacial score (nSPS) is 11.0. The van der Waals surface area contributed by atoms with Crippen molar-refractivity contribution in [3.63, 3.8) is 0 Å². The molecule has 0 aliphatic heterocycles. The van der Waals surface area contributed by atoms with Gasteiger partial charge in [0.25, 0.3) is 0 Å². The maximum atomic E-state index is 12.4. The van der Waals surface area contributed by atoms with Gasteiger partial charge in [-0.2, -0.15) is 0 Å². The van der Waals surface area contributed by atoms with Gasteiger partial charge in [0.1, 0.15) is 5.75 Å². The molecule has 2 aromatic rings. The van der Waals surface area contributed by atoms with E-state index in [1.54, 1.807) is 20.1 Å². The molecule has 0 unspecified atom stereocenters. The zero-order chi connectivity index (χ0) is 17.5. The van der Waals surface area contributed by atoms with Gasteiger partial charge in [0.05, 0.1) is 19.3 Å². The van der Waals surface area contributed by atoms with Crippen LogP contribution in [0, 0.1) is 0 Å². The summed E-state index contributed by atoms with van der Waals surface area (Å²) in [4.78, 5) is 12.4. The molecule has 0 radical (unpaired) electrons. The van der Waals surface area contributed by atoms with E-state index in [1.165, 1.54) is 0 Å². The van der Waals surface area contributed by atoms with Crippen molar-refractivity contribution >= 4 is 33.5 Å². The van der Waals surface area contributed by atoms with Crippen LogP contribution in [0.3, 0.4) is 0 Å². The molecule has 0 aliphatic rings. The molecule has 2 rings (SSSR count). The third-order valence-corrected chi connectivity index (χ3v) is 3.97. The van der Waals surface area contributed by atoms with Gasteiger partial charge in [-0.1, -0.05) is 46.8 Å². The van der Waals surface area contributed by atoms with Gasteiger partial charge in [-0.05, 0) is 54.0 Å². The zero-order valence-electron chi connectivity index (χ0n) is 13.7. The van der Waals surface area contributed by atoms with Crippen molar-refractivity contribution in [1.29, 1.82) is 0 Å². The summed E-state index contributed by atoms with van der Waals surface area (Å²) in [6.45, 7) is 6.17. The van der Waals surface area contributed by atoms with Crippen LogP contribution in [0.2, 0.25) is 0 Å². The molecular formula is C20H19BrO3. The number of benzene rings is 2. The Morgan fingerprint density at radius 1 is 1.12 bits per heavy atom. The summed E-state index contributed by atoms with van der Waals surface area (Å²) >= 11 is 3.40. The second kappa shape index (κ2) is 8.50. The summed E-state index contributed by atoms with van der Waals surface area (Å²) in [5, 5.41) is 0. The van der Waals surface area contributed by atoms with Crippen LogP contribution in [-0.4, -0.2) is 19.7 Å². The summed E-state index contributed by atoms with van der Waals surface area (Å²) in [5.74, 6) is 0.363. The number of esters is 1. The average Bonchev–Trinajstić information content (AvgIpc) is 2.61. The molecule has 0 N–H and O–H groups in total. The topological polar surface area (TPSA) is 35.5 Å². The molecule has 4 heteroatoms. The van der Waals surface area contributed by atoms with Crippen LogP contribution in [-0.2, 0) is 9.53 Å². The molecule has 0 spiro atoms. The standard InChI is InChI=1S/C20H19BrO3/c1-4-24-20(22)19(13-15-5-9-17(21)10-6-15)14(2)16-7-11-18(23-3)12-8-16/h5-13H,2,4H2,1,3H3/b19-13-. The predicted octanol–water partition coefficient (Wildman–Crippen LogP) is 5.12. The Labute approximate surface area is 150 Å². The average molecular weight is 387 g/mol. The lowest BCUT2D eigenvalue weighted by Crippen LogP contribution is -2.09. The molecule has 3 nitrogen and oxygen atoms in total. The summed E-state index contributed by atoms with van der Waals surface area (Å²) in [7, 11) is 1.61. The first-order chi connectivity index (χ1) is 11.5. The maximum Gasteiger partial charge on any atom is 0.338 e. The quantitative estimate of drug-likeness (QED) is 0.392. The van der Waals surface area contributed by atoms with Crippen LogP contribution in [0.25, 0.3) is 11.6 Å². The smallest absolute Gasteiger partial charge is 0.338 e. The third kappa shape index (κ3) is 4.59. The van der Waals surface area contributed by atoms with E-state index in [-0.39, 0.29) is 5.97 Å². The molecule has 0 heterocycles. The summed E-state index contributed by atoms with van der Waals surface area (Å²) < 4.78 is 11.3. The molecule has 0 atom stereocenters. The Hall–Kier alpha value is -2.33. The van der Waals surface area contributed by atoms with Crippen molar-refractivity contribution in [2.24, 2.45) is 0 Å². The number of methoxy groups -OCH3 is 1. The fraction of sp³-hybridized carbons (Fsp3) is 0.150. The highest BCUT2D eigenvalue weighted by atomic mass is 79.9. The minimum atomic E-state index is -0.388. The van der Waals surface area contributed by atoms with E-state index in [0.717, 1.165) is 21.3 Å². The number of carbonyl (C=O) groups is 1. The van der Waals surface area contributed by atoms with Gasteiger partial charge in [0.2, 0.25) is 0 Å². The van der Waals surface area contributed by atoms with Crippen LogP contribution < -0.4 is 4.74 Å². The molecular weight excluding hydrogens is 368 g/mol.